The van der Waals surface area contributed by atoms with Crippen molar-refractivity contribution in [1.29, 1.82) is 0 Å². The molecule has 0 spiro atoms. The number of aliphatic hydroxyl groups excluding tert-OH is 4. The normalized spacial score (nSPS) is 25.8. The van der Waals surface area contributed by atoms with E-state index in [0.717, 1.165) is 12.1 Å². The summed E-state index contributed by atoms with van der Waals surface area (Å²) in [6.45, 7) is 7.71. The molecule has 0 saturated carbocycles. The first-order valence-electron chi connectivity index (χ1n) is 18.2. The number of aromatic hydroxyl groups is 3. The monoisotopic (exact) mass is 816 g/mol. The first-order valence-corrected chi connectivity index (χ1v) is 18.2. The Balaban J connectivity index is 1.46. The lowest BCUT2D eigenvalue weighted by molar-refractivity contribution is -0.399. The molecule has 17 heteroatoms. The number of phenols is 3. The van der Waals surface area contributed by atoms with Gasteiger partial charge < -0.3 is 55.4 Å². The third-order valence-corrected chi connectivity index (χ3v) is 11.7. The van der Waals surface area contributed by atoms with Crippen LogP contribution in [0, 0.1) is 27.7 Å². The highest BCUT2D eigenvalue weighted by molar-refractivity contribution is 6.18. The van der Waals surface area contributed by atoms with Gasteiger partial charge in [0.25, 0.3) is 0 Å². The molecule has 1 saturated heterocycles. The predicted molar refractivity (Wildman–Crippen MR) is 200 cm³/mol. The van der Waals surface area contributed by atoms with Gasteiger partial charge in [0.05, 0.1) is 17.7 Å². The Morgan fingerprint density at radius 2 is 1.12 bits per heavy atom. The first kappa shape index (κ1) is 41.2. The Bertz CT molecular complexity index is 2520. The number of carbonyl (C=O) groups is 4. The van der Waals surface area contributed by atoms with Crippen molar-refractivity contribution in [3.63, 3.8) is 0 Å². The molecule has 0 aromatic heterocycles. The number of aryl methyl sites for hydroxylation is 2. The van der Waals surface area contributed by atoms with Crippen LogP contribution in [0.2, 0.25) is 0 Å². The van der Waals surface area contributed by atoms with E-state index in [2.05, 4.69) is 0 Å². The lowest BCUT2D eigenvalue weighted by Crippen LogP contribution is -2.60. The summed E-state index contributed by atoms with van der Waals surface area (Å²) in [5, 5.41) is 95.4. The summed E-state index contributed by atoms with van der Waals surface area (Å²) in [5.74, 6) is -6.85. The van der Waals surface area contributed by atoms with Crippen LogP contribution in [-0.4, -0.2) is 107 Å². The summed E-state index contributed by atoms with van der Waals surface area (Å²) in [4.78, 5) is 66.6. The van der Waals surface area contributed by atoms with Crippen molar-refractivity contribution in [3.05, 3.63) is 114 Å². The van der Waals surface area contributed by atoms with Gasteiger partial charge in [-0.3, -0.25) is 9.59 Å². The number of carboxylic acid groups (broad SMARTS) is 2. The average Bonchev–Trinajstić information content (AvgIpc) is 3.17. The van der Waals surface area contributed by atoms with Gasteiger partial charge in [-0.25, -0.2) is 19.4 Å². The van der Waals surface area contributed by atoms with Crippen LogP contribution < -0.4 is 4.74 Å². The lowest BCUT2D eigenvalue weighted by Gasteiger charge is -2.43. The van der Waals surface area contributed by atoms with Crippen LogP contribution in [0.4, 0.5) is 0 Å². The van der Waals surface area contributed by atoms with E-state index in [1.165, 1.54) is 58.9 Å². The summed E-state index contributed by atoms with van der Waals surface area (Å²) >= 11 is 0. The van der Waals surface area contributed by atoms with Gasteiger partial charge in [-0.2, -0.15) is 0 Å². The quantitative estimate of drug-likeness (QED) is 0.0913. The van der Waals surface area contributed by atoms with E-state index in [1.54, 1.807) is 6.92 Å². The molecule has 59 heavy (non-hydrogen) atoms. The summed E-state index contributed by atoms with van der Waals surface area (Å²) in [7, 11) is 0. The predicted octanol–water partition coefficient (Wildman–Crippen LogP) is 2.88. The summed E-state index contributed by atoms with van der Waals surface area (Å²) in [6.07, 6.45) is -8.92. The summed E-state index contributed by atoms with van der Waals surface area (Å²) in [5.41, 5.74) is -6.08. The molecule has 2 unspecified atom stereocenters. The van der Waals surface area contributed by atoms with Gasteiger partial charge in [-0.1, -0.05) is 24.3 Å². The average molecular weight is 817 g/mol. The number of ketones is 2. The van der Waals surface area contributed by atoms with E-state index in [1.807, 2.05) is 0 Å². The smallest absolute Gasteiger partial charge is 0.339 e. The molecule has 1 heterocycles. The number of fused-ring (bicyclic) bond motifs is 4. The Kier molecular flexibility index (Phi) is 9.88. The van der Waals surface area contributed by atoms with Gasteiger partial charge in [0, 0.05) is 33.4 Å². The van der Waals surface area contributed by atoms with E-state index in [9.17, 15) is 65.1 Å². The standard InChI is InChI=1S/C42H40O17/c1-14-7-9-18-29(31(14)45)34(48)25-16(3)27(38(52)53)22(44)11-20(25)41(18,5)58-59-42(6)19-10-8-15(2)32(46)30(19)35(49)26-17(4)28(39(54)55)23(12-21(26)42)56-40-37(51)36(50)33(47)24(13-43)57-40/h7-12,24,33,36-37,40,43-47,50-51H,13H2,1-6H3,(H,52,53)(H,54,55)/t24-,33+,36+,37-,40+,41?,42?/m1/s1. The number of carboxylic acids is 2. The molecule has 0 radical (unpaired) electrons. The molecule has 310 valence electrons. The molecule has 7 atom stereocenters. The van der Waals surface area contributed by atoms with Crippen molar-refractivity contribution in [3.8, 4) is 23.0 Å². The zero-order valence-corrected chi connectivity index (χ0v) is 32.3. The molecule has 2 aliphatic carbocycles. The largest absolute Gasteiger partial charge is 0.507 e. The molecule has 0 amide bonds. The van der Waals surface area contributed by atoms with Gasteiger partial charge in [-0.15, -0.1) is 0 Å². The fraction of sp³-hybridized carbons (Fsp3) is 0.333. The number of aromatic carboxylic acids is 2. The second-order valence-electron chi connectivity index (χ2n) is 15.2. The molecule has 4 aromatic carbocycles. The van der Waals surface area contributed by atoms with E-state index in [-0.39, 0.29) is 61.2 Å². The van der Waals surface area contributed by atoms with Crippen LogP contribution in [0.25, 0.3) is 0 Å². The molecule has 9 N–H and O–H groups in total. The molecule has 1 aliphatic heterocycles. The van der Waals surface area contributed by atoms with E-state index >= 15 is 0 Å². The van der Waals surface area contributed by atoms with Gasteiger partial charge in [0.15, 0.2) is 22.8 Å². The van der Waals surface area contributed by atoms with Crippen molar-refractivity contribution in [2.75, 3.05) is 6.61 Å². The maximum absolute atomic E-state index is 14.5. The van der Waals surface area contributed by atoms with Gasteiger partial charge >= 0.3 is 11.9 Å². The van der Waals surface area contributed by atoms with Crippen LogP contribution in [0.3, 0.4) is 0 Å². The number of phenolic OH excluding ortho intramolecular Hbond substituents is 2. The number of hydrogen-bond acceptors (Lipinski definition) is 15. The number of rotatable bonds is 8. The van der Waals surface area contributed by atoms with Gasteiger partial charge in [0.1, 0.15) is 58.5 Å². The van der Waals surface area contributed by atoms with Gasteiger partial charge in [0.2, 0.25) is 6.29 Å². The number of aliphatic hydroxyl groups is 4. The van der Waals surface area contributed by atoms with Crippen LogP contribution in [-0.2, 0) is 25.7 Å². The van der Waals surface area contributed by atoms with E-state index in [0.29, 0.717) is 5.56 Å². The van der Waals surface area contributed by atoms with Gasteiger partial charge in [-0.05, 0) is 75.9 Å². The third kappa shape index (κ3) is 5.88. The number of carbonyl (C=O) groups excluding carboxylic acids is 2. The van der Waals surface area contributed by atoms with E-state index < -0.39 is 106 Å². The molecule has 1 fully saturated rings. The van der Waals surface area contributed by atoms with Crippen molar-refractivity contribution >= 4 is 23.5 Å². The topological polar surface area (TPSA) is 287 Å². The zero-order chi connectivity index (χ0) is 43.4. The minimum absolute atomic E-state index is 0.00213. The highest BCUT2D eigenvalue weighted by Crippen LogP contribution is 2.53. The zero-order valence-electron chi connectivity index (χ0n) is 32.3. The van der Waals surface area contributed by atoms with Crippen molar-refractivity contribution in [1.82, 2.24) is 0 Å². The fourth-order valence-electron chi connectivity index (χ4n) is 8.38. The Morgan fingerprint density at radius 3 is 1.58 bits per heavy atom. The molecule has 3 aliphatic rings. The molecular weight excluding hydrogens is 776 g/mol. The maximum Gasteiger partial charge on any atom is 0.339 e. The highest BCUT2D eigenvalue weighted by Gasteiger charge is 2.52. The second kappa shape index (κ2) is 14.1. The van der Waals surface area contributed by atoms with Crippen molar-refractivity contribution in [2.24, 2.45) is 0 Å². The molecular formula is C42H40O17. The minimum atomic E-state index is -2.03. The van der Waals surface area contributed by atoms with Crippen molar-refractivity contribution in [2.45, 2.75) is 83.5 Å². The molecule has 4 aromatic rings. The minimum Gasteiger partial charge on any atom is -0.507 e. The Labute approximate surface area is 334 Å². The number of hydrogen-bond donors (Lipinski definition) is 9. The van der Waals surface area contributed by atoms with Crippen LogP contribution in [0.5, 0.6) is 23.0 Å². The molecule has 7 rings (SSSR count). The van der Waals surface area contributed by atoms with Crippen LogP contribution in [0.1, 0.15) is 111 Å². The Hall–Kier alpha value is -5.92. The second-order valence-corrected chi connectivity index (χ2v) is 15.2. The summed E-state index contributed by atoms with van der Waals surface area (Å²) in [6, 6.07) is 8.06. The van der Waals surface area contributed by atoms with E-state index in [4.69, 9.17) is 19.2 Å². The van der Waals surface area contributed by atoms with Crippen LogP contribution >= 0.6 is 0 Å². The lowest BCUT2D eigenvalue weighted by atomic mass is 9.71. The highest BCUT2D eigenvalue weighted by atomic mass is 17.2. The fourth-order valence-corrected chi connectivity index (χ4v) is 8.38. The third-order valence-electron chi connectivity index (χ3n) is 11.7. The van der Waals surface area contributed by atoms with Crippen molar-refractivity contribution < 1.29 is 84.4 Å². The summed E-state index contributed by atoms with van der Waals surface area (Å²) < 4.78 is 11.4. The molecule has 0 bridgehead atoms. The molecule has 17 nitrogen and oxygen atoms in total. The number of ether oxygens (including phenoxy) is 2. The number of benzene rings is 4. The van der Waals surface area contributed by atoms with Crippen LogP contribution in [0.15, 0.2) is 36.4 Å². The Morgan fingerprint density at radius 1 is 0.661 bits per heavy atom. The first-order chi connectivity index (χ1) is 27.6. The maximum atomic E-state index is 14.5. The SMILES string of the molecule is Cc1ccc2c(c1O)C(=O)c1c(cc(O)c(C(=O)O)c1C)C2(C)OOC1(C)c2cc(O[C@H]3O[C@H](CO)[C@H](O)[C@H](O)[C@H]3O)c(C(=O)O)c(C)c2C(=O)c2c1ccc(C)c2O.